The highest BCUT2D eigenvalue weighted by Gasteiger charge is 2.16. The summed E-state index contributed by atoms with van der Waals surface area (Å²) < 4.78 is 6.96. The molecule has 2 nitrogen and oxygen atoms in total. The minimum Gasteiger partial charge on any atom is -0.491 e. The molecule has 2 rings (SSSR count). The maximum absolute atomic E-state index is 5.82. The Hall–Kier alpha value is -0.840. The molecule has 1 heterocycles. The van der Waals surface area contributed by atoms with Crippen LogP contribution in [0.1, 0.15) is 43.7 Å². The fourth-order valence-corrected chi connectivity index (χ4v) is 3.74. The smallest absolute Gasteiger partial charge is 0.120 e. The van der Waals surface area contributed by atoms with Crippen molar-refractivity contribution in [2.24, 2.45) is 0 Å². The lowest BCUT2D eigenvalue weighted by molar-refractivity contribution is 0.242. The van der Waals surface area contributed by atoms with Gasteiger partial charge in [-0.3, -0.25) is 0 Å². The zero-order valence-corrected chi connectivity index (χ0v) is 15.1. The SMILES string of the molecule is CCCNC(c1cccc(OC(C)C)c1)c1cc(Br)cs1. The Labute approximate surface area is 139 Å². The van der Waals surface area contributed by atoms with E-state index in [4.69, 9.17) is 4.74 Å². The molecule has 0 saturated carbocycles. The normalized spacial score (nSPS) is 12.6. The number of hydrogen-bond donors (Lipinski definition) is 1. The lowest BCUT2D eigenvalue weighted by atomic mass is 10.0. The van der Waals surface area contributed by atoms with E-state index < -0.39 is 0 Å². The van der Waals surface area contributed by atoms with Crippen molar-refractivity contribution in [3.05, 3.63) is 50.6 Å². The zero-order chi connectivity index (χ0) is 15.2. The Morgan fingerprint density at radius 3 is 2.71 bits per heavy atom. The van der Waals surface area contributed by atoms with Crippen LogP contribution in [0.25, 0.3) is 0 Å². The van der Waals surface area contributed by atoms with E-state index in [9.17, 15) is 0 Å². The summed E-state index contributed by atoms with van der Waals surface area (Å²) in [6.45, 7) is 7.29. The van der Waals surface area contributed by atoms with Crippen LogP contribution in [0, 0.1) is 0 Å². The molecule has 0 fully saturated rings. The molecule has 0 radical (unpaired) electrons. The largest absolute Gasteiger partial charge is 0.491 e. The second kappa shape index (κ2) is 7.97. The average molecular weight is 368 g/mol. The van der Waals surface area contributed by atoms with Crippen LogP contribution in [0.15, 0.2) is 40.2 Å². The first-order valence-electron chi connectivity index (χ1n) is 7.34. The van der Waals surface area contributed by atoms with Crippen LogP contribution in [0.3, 0.4) is 0 Å². The number of ether oxygens (including phenoxy) is 1. The maximum atomic E-state index is 5.82. The van der Waals surface area contributed by atoms with E-state index in [1.165, 1.54) is 10.4 Å². The molecular weight excluding hydrogens is 346 g/mol. The number of halogens is 1. The summed E-state index contributed by atoms with van der Waals surface area (Å²) in [5.74, 6) is 0.932. The van der Waals surface area contributed by atoms with Gasteiger partial charge in [-0.2, -0.15) is 0 Å². The van der Waals surface area contributed by atoms with Gasteiger partial charge >= 0.3 is 0 Å². The van der Waals surface area contributed by atoms with Gasteiger partial charge in [0, 0.05) is 14.7 Å². The maximum Gasteiger partial charge on any atom is 0.120 e. The molecule has 4 heteroatoms. The van der Waals surface area contributed by atoms with Gasteiger partial charge in [0.25, 0.3) is 0 Å². The molecule has 1 atom stereocenters. The van der Waals surface area contributed by atoms with Gasteiger partial charge in [0.15, 0.2) is 0 Å². The van der Waals surface area contributed by atoms with E-state index in [1.54, 1.807) is 11.3 Å². The van der Waals surface area contributed by atoms with E-state index in [2.05, 4.69) is 71.7 Å². The predicted octanol–water partition coefficient (Wildman–Crippen LogP) is 5.39. The number of thiophene rings is 1. The van der Waals surface area contributed by atoms with Gasteiger partial charge in [-0.05, 0) is 66.5 Å². The third kappa shape index (κ3) is 4.83. The second-order valence-electron chi connectivity index (χ2n) is 5.29. The molecule has 1 aromatic carbocycles. The lowest BCUT2D eigenvalue weighted by Gasteiger charge is -2.19. The minimum absolute atomic E-state index is 0.193. The van der Waals surface area contributed by atoms with Crippen LogP contribution < -0.4 is 10.1 Å². The van der Waals surface area contributed by atoms with E-state index >= 15 is 0 Å². The molecule has 0 aliphatic heterocycles. The Morgan fingerprint density at radius 2 is 2.10 bits per heavy atom. The topological polar surface area (TPSA) is 21.3 Å². The summed E-state index contributed by atoms with van der Waals surface area (Å²) in [6.07, 6.45) is 1.31. The molecule has 1 N–H and O–H groups in total. The standard InChI is InChI=1S/C17H22BrNOS/c1-4-8-19-17(16-10-14(18)11-21-16)13-6-5-7-15(9-13)20-12(2)3/h5-7,9-12,17,19H,4,8H2,1-3H3. The number of benzene rings is 1. The van der Waals surface area contributed by atoms with Gasteiger partial charge in [-0.1, -0.05) is 19.1 Å². The van der Waals surface area contributed by atoms with Crippen molar-refractivity contribution in [1.82, 2.24) is 5.32 Å². The highest BCUT2D eigenvalue weighted by molar-refractivity contribution is 9.10. The fourth-order valence-electron chi connectivity index (χ4n) is 2.19. The van der Waals surface area contributed by atoms with Crippen LogP contribution in [0.4, 0.5) is 0 Å². The average Bonchev–Trinajstić information content (AvgIpc) is 2.85. The van der Waals surface area contributed by atoms with Crippen LogP contribution in [-0.4, -0.2) is 12.6 Å². The van der Waals surface area contributed by atoms with Crippen molar-refractivity contribution in [3.63, 3.8) is 0 Å². The Morgan fingerprint density at radius 1 is 1.29 bits per heavy atom. The van der Waals surface area contributed by atoms with Crippen molar-refractivity contribution < 1.29 is 4.74 Å². The molecule has 0 bridgehead atoms. The first-order valence-corrected chi connectivity index (χ1v) is 9.01. The minimum atomic E-state index is 0.193. The summed E-state index contributed by atoms with van der Waals surface area (Å²) in [5.41, 5.74) is 1.25. The highest BCUT2D eigenvalue weighted by Crippen LogP contribution is 2.31. The molecule has 1 unspecified atom stereocenters. The molecule has 114 valence electrons. The third-order valence-corrected chi connectivity index (χ3v) is 4.79. The highest BCUT2D eigenvalue weighted by atomic mass is 79.9. The number of rotatable bonds is 7. The van der Waals surface area contributed by atoms with Crippen LogP contribution in [-0.2, 0) is 0 Å². The van der Waals surface area contributed by atoms with Gasteiger partial charge < -0.3 is 10.1 Å². The van der Waals surface area contributed by atoms with E-state index in [1.807, 2.05) is 6.07 Å². The molecule has 2 aromatic rings. The Bertz CT molecular complexity index is 567. The molecule has 0 aliphatic rings. The third-order valence-electron chi connectivity index (χ3n) is 3.03. The van der Waals surface area contributed by atoms with E-state index in [0.717, 1.165) is 23.2 Å². The van der Waals surface area contributed by atoms with Crippen LogP contribution in [0.2, 0.25) is 0 Å². The first kappa shape index (κ1) is 16.5. The van der Waals surface area contributed by atoms with Gasteiger partial charge in [0.2, 0.25) is 0 Å². The first-order chi connectivity index (χ1) is 10.1. The number of hydrogen-bond acceptors (Lipinski definition) is 3. The van der Waals surface area contributed by atoms with E-state index in [0.29, 0.717) is 0 Å². The summed E-state index contributed by atoms with van der Waals surface area (Å²) in [5, 5.41) is 5.76. The predicted molar refractivity (Wildman–Crippen MR) is 94.4 cm³/mol. The second-order valence-corrected chi connectivity index (χ2v) is 7.15. The molecule has 21 heavy (non-hydrogen) atoms. The molecule has 0 spiro atoms. The fraction of sp³-hybridized carbons (Fsp3) is 0.412. The monoisotopic (exact) mass is 367 g/mol. The van der Waals surface area contributed by atoms with Gasteiger partial charge in [-0.25, -0.2) is 0 Å². The molecule has 0 aliphatic carbocycles. The van der Waals surface area contributed by atoms with Crippen LogP contribution >= 0.6 is 27.3 Å². The van der Waals surface area contributed by atoms with Crippen LogP contribution in [0.5, 0.6) is 5.75 Å². The lowest BCUT2D eigenvalue weighted by Crippen LogP contribution is -2.22. The summed E-state index contributed by atoms with van der Waals surface area (Å²) in [6, 6.07) is 10.8. The summed E-state index contributed by atoms with van der Waals surface area (Å²) >= 11 is 5.32. The summed E-state index contributed by atoms with van der Waals surface area (Å²) in [4.78, 5) is 1.32. The molecule has 0 amide bonds. The van der Waals surface area contributed by atoms with Crippen molar-refractivity contribution in [1.29, 1.82) is 0 Å². The quantitative estimate of drug-likeness (QED) is 0.708. The van der Waals surface area contributed by atoms with Gasteiger partial charge in [-0.15, -0.1) is 11.3 Å². The van der Waals surface area contributed by atoms with Crippen molar-refractivity contribution in [3.8, 4) is 5.75 Å². The van der Waals surface area contributed by atoms with Crippen molar-refractivity contribution in [2.45, 2.75) is 39.3 Å². The Balaban J connectivity index is 2.27. The van der Waals surface area contributed by atoms with Gasteiger partial charge in [0.05, 0.1) is 12.1 Å². The Kier molecular flexibility index (Phi) is 6.27. The zero-order valence-electron chi connectivity index (χ0n) is 12.7. The van der Waals surface area contributed by atoms with E-state index in [-0.39, 0.29) is 12.1 Å². The van der Waals surface area contributed by atoms with Gasteiger partial charge in [0.1, 0.15) is 5.75 Å². The molecular formula is C17H22BrNOS. The molecule has 0 saturated heterocycles. The van der Waals surface area contributed by atoms with Crippen molar-refractivity contribution in [2.75, 3.05) is 6.54 Å². The van der Waals surface area contributed by atoms with Crippen molar-refractivity contribution >= 4 is 27.3 Å². The molecule has 1 aromatic heterocycles. The number of nitrogens with one attached hydrogen (secondary N) is 1. The summed E-state index contributed by atoms with van der Waals surface area (Å²) in [7, 11) is 0.